The first kappa shape index (κ1) is 9.29. The quantitative estimate of drug-likeness (QED) is 0.805. The van der Waals surface area contributed by atoms with Gasteiger partial charge in [-0.05, 0) is 18.2 Å². The average Bonchev–Trinajstić information content (AvgIpc) is 2.83. The first-order chi connectivity index (χ1) is 7.74. The maximum Gasteiger partial charge on any atom is 0.255 e. The molecule has 6 heteroatoms. The van der Waals surface area contributed by atoms with Gasteiger partial charge in [-0.3, -0.25) is 4.79 Å². The minimum absolute atomic E-state index is 0.0960. The van der Waals surface area contributed by atoms with Gasteiger partial charge >= 0.3 is 0 Å². The van der Waals surface area contributed by atoms with Gasteiger partial charge in [-0.2, -0.15) is 10.1 Å². The highest BCUT2D eigenvalue weighted by Crippen LogP contribution is 2.26. The number of nitrogens with two attached hydrogens (primary N) is 1. The van der Waals surface area contributed by atoms with Crippen LogP contribution in [0.1, 0.15) is 6.42 Å². The molecule has 3 rings (SSSR count). The van der Waals surface area contributed by atoms with Crippen molar-refractivity contribution < 1.29 is 4.79 Å². The molecule has 0 atom stereocenters. The van der Waals surface area contributed by atoms with Crippen molar-refractivity contribution in [2.75, 3.05) is 5.01 Å². The topological polar surface area (TPSA) is 71.6 Å². The zero-order valence-corrected chi connectivity index (χ0v) is 9.07. The third kappa shape index (κ3) is 1.35. The van der Waals surface area contributed by atoms with Gasteiger partial charge in [-0.15, -0.1) is 11.3 Å². The van der Waals surface area contributed by atoms with Crippen LogP contribution in [-0.2, 0) is 4.79 Å². The van der Waals surface area contributed by atoms with E-state index in [0.717, 1.165) is 15.9 Å². The van der Waals surface area contributed by atoms with Gasteiger partial charge in [-0.25, -0.2) is 4.98 Å². The molecule has 1 aliphatic rings. The molecule has 0 radical (unpaired) electrons. The van der Waals surface area contributed by atoms with Crippen molar-refractivity contribution in [1.29, 1.82) is 0 Å². The van der Waals surface area contributed by atoms with Crippen LogP contribution < -0.4 is 10.7 Å². The van der Waals surface area contributed by atoms with Crippen molar-refractivity contribution in [3.8, 4) is 0 Å². The molecular weight excluding hydrogens is 224 g/mol. The van der Waals surface area contributed by atoms with Gasteiger partial charge in [0.05, 0.1) is 27.8 Å². The zero-order valence-electron chi connectivity index (χ0n) is 8.25. The molecule has 0 spiro atoms. The van der Waals surface area contributed by atoms with Gasteiger partial charge < -0.3 is 5.73 Å². The van der Waals surface area contributed by atoms with E-state index in [1.165, 1.54) is 16.3 Å². The number of hydrazone groups is 1. The predicted octanol–water partition coefficient (Wildman–Crippen LogP) is 1.31. The largest absolute Gasteiger partial charge is 0.385 e. The Morgan fingerprint density at radius 1 is 1.44 bits per heavy atom. The van der Waals surface area contributed by atoms with Crippen LogP contribution in [0.4, 0.5) is 5.69 Å². The fourth-order valence-corrected chi connectivity index (χ4v) is 2.34. The van der Waals surface area contributed by atoms with E-state index in [1.807, 2.05) is 18.2 Å². The summed E-state index contributed by atoms with van der Waals surface area (Å²) >= 11 is 1.53. The summed E-state index contributed by atoms with van der Waals surface area (Å²) in [4.78, 5) is 15.8. The number of hydrogen-bond acceptors (Lipinski definition) is 5. The molecule has 0 aliphatic carbocycles. The lowest BCUT2D eigenvalue weighted by Gasteiger charge is -2.10. The Bertz CT molecular complexity index is 604. The first-order valence-corrected chi connectivity index (χ1v) is 5.61. The molecule has 0 bridgehead atoms. The number of aromatic nitrogens is 1. The van der Waals surface area contributed by atoms with Crippen molar-refractivity contribution in [2.45, 2.75) is 6.42 Å². The van der Waals surface area contributed by atoms with Gasteiger partial charge in [0.1, 0.15) is 5.84 Å². The monoisotopic (exact) mass is 232 g/mol. The fraction of sp³-hybridized carbons (Fsp3) is 0.100. The Morgan fingerprint density at radius 2 is 2.31 bits per heavy atom. The Balaban J connectivity index is 2.08. The minimum atomic E-state index is -0.0960. The number of fused-ring (bicyclic) bond motifs is 1. The number of nitrogens with zero attached hydrogens (tertiary/aromatic N) is 3. The van der Waals surface area contributed by atoms with Crippen molar-refractivity contribution in [1.82, 2.24) is 4.98 Å². The van der Waals surface area contributed by atoms with E-state index in [0.29, 0.717) is 5.84 Å². The number of amides is 1. The minimum Gasteiger partial charge on any atom is -0.385 e. The van der Waals surface area contributed by atoms with Crippen LogP contribution in [0.3, 0.4) is 0 Å². The predicted molar refractivity (Wildman–Crippen MR) is 63.3 cm³/mol. The highest BCUT2D eigenvalue weighted by molar-refractivity contribution is 7.16. The SMILES string of the molecule is NC1=NN(c2ccc3ncsc3c2)C(=O)C1. The van der Waals surface area contributed by atoms with Crippen LogP contribution in [-0.4, -0.2) is 16.7 Å². The van der Waals surface area contributed by atoms with Gasteiger partial charge in [0.25, 0.3) is 5.91 Å². The van der Waals surface area contributed by atoms with E-state index in [1.54, 1.807) is 5.51 Å². The summed E-state index contributed by atoms with van der Waals surface area (Å²) < 4.78 is 1.03. The standard InChI is InChI=1S/C10H8N4OS/c11-9-4-10(15)14(13-9)6-1-2-7-8(3-6)16-5-12-7/h1-3,5H,4H2,(H2,11,13). The van der Waals surface area contributed by atoms with E-state index in [2.05, 4.69) is 10.1 Å². The van der Waals surface area contributed by atoms with E-state index in [9.17, 15) is 4.79 Å². The molecular formula is C10H8N4OS. The molecule has 1 aromatic carbocycles. The van der Waals surface area contributed by atoms with Crippen molar-refractivity contribution in [3.63, 3.8) is 0 Å². The molecule has 1 aromatic heterocycles. The molecule has 2 heterocycles. The number of carbonyl (C=O) groups is 1. The number of rotatable bonds is 1. The highest BCUT2D eigenvalue weighted by atomic mass is 32.1. The summed E-state index contributed by atoms with van der Waals surface area (Å²) in [5, 5.41) is 5.34. The number of benzene rings is 1. The van der Waals surface area contributed by atoms with Crippen LogP contribution in [0.15, 0.2) is 28.8 Å². The molecule has 16 heavy (non-hydrogen) atoms. The highest BCUT2D eigenvalue weighted by Gasteiger charge is 2.23. The summed E-state index contributed by atoms with van der Waals surface area (Å²) in [5.74, 6) is 0.260. The summed E-state index contributed by atoms with van der Waals surface area (Å²) in [6, 6.07) is 5.59. The van der Waals surface area contributed by atoms with Crippen LogP contribution in [0.5, 0.6) is 0 Å². The lowest BCUT2D eigenvalue weighted by Crippen LogP contribution is -2.19. The van der Waals surface area contributed by atoms with Gasteiger partial charge in [0.15, 0.2) is 0 Å². The molecule has 80 valence electrons. The molecule has 0 fully saturated rings. The van der Waals surface area contributed by atoms with E-state index < -0.39 is 0 Å². The molecule has 1 aliphatic heterocycles. The third-order valence-electron chi connectivity index (χ3n) is 2.36. The molecule has 2 aromatic rings. The Labute approximate surface area is 95.2 Å². The fourth-order valence-electron chi connectivity index (χ4n) is 1.63. The molecule has 5 nitrogen and oxygen atoms in total. The summed E-state index contributed by atoms with van der Waals surface area (Å²) in [6.45, 7) is 0. The Morgan fingerprint density at radius 3 is 3.06 bits per heavy atom. The summed E-state index contributed by atoms with van der Waals surface area (Å²) in [5.41, 5.74) is 8.97. The van der Waals surface area contributed by atoms with Crippen LogP contribution >= 0.6 is 11.3 Å². The molecule has 0 unspecified atom stereocenters. The second kappa shape index (κ2) is 3.28. The van der Waals surface area contributed by atoms with Gasteiger partial charge in [0.2, 0.25) is 0 Å². The number of carbonyl (C=O) groups excluding carboxylic acids is 1. The van der Waals surface area contributed by atoms with Crippen LogP contribution in [0, 0.1) is 0 Å². The summed E-state index contributed by atoms with van der Waals surface area (Å²) in [6.07, 6.45) is 0.195. The van der Waals surface area contributed by atoms with Crippen molar-refractivity contribution in [3.05, 3.63) is 23.7 Å². The van der Waals surface area contributed by atoms with Crippen LogP contribution in [0.2, 0.25) is 0 Å². The van der Waals surface area contributed by atoms with Crippen molar-refractivity contribution in [2.24, 2.45) is 10.8 Å². The first-order valence-electron chi connectivity index (χ1n) is 4.73. The zero-order chi connectivity index (χ0) is 11.1. The maximum absolute atomic E-state index is 11.6. The molecule has 2 N–H and O–H groups in total. The van der Waals surface area contributed by atoms with E-state index in [4.69, 9.17) is 5.73 Å². The molecule has 0 saturated carbocycles. The smallest absolute Gasteiger partial charge is 0.255 e. The third-order valence-corrected chi connectivity index (χ3v) is 3.15. The maximum atomic E-state index is 11.6. The van der Waals surface area contributed by atoms with E-state index >= 15 is 0 Å². The average molecular weight is 232 g/mol. The van der Waals surface area contributed by atoms with E-state index in [-0.39, 0.29) is 12.3 Å². The lowest BCUT2D eigenvalue weighted by atomic mass is 10.3. The molecule has 1 amide bonds. The number of amidine groups is 1. The Kier molecular flexibility index (Phi) is 1.90. The number of hydrogen-bond donors (Lipinski definition) is 1. The van der Waals surface area contributed by atoms with Gasteiger partial charge in [0, 0.05) is 0 Å². The number of thiazole rings is 1. The second-order valence-electron chi connectivity index (χ2n) is 3.48. The molecule has 0 saturated heterocycles. The number of anilines is 1. The van der Waals surface area contributed by atoms with Crippen molar-refractivity contribution >= 4 is 39.0 Å². The normalized spacial score (nSPS) is 15.9. The summed E-state index contributed by atoms with van der Waals surface area (Å²) in [7, 11) is 0. The second-order valence-corrected chi connectivity index (χ2v) is 4.36. The Hall–Kier alpha value is -1.95. The van der Waals surface area contributed by atoms with Gasteiger partial charge in [-0.1, -0.05) is 0 Å². The van der Waals surface area contributed by atoms with Crippen LogP contribution in [0.25, 0.3) is 10.2 Å². The lowest BCUT2D eigenvalue weighted by molar-refractivity contribution is -0.116.